The number of carboxylic acids is 1. The maximum atomic E-state index is 14.0. The highest BCUT2D eigenvalue weighted by Gasteiger charge is 2.61. The summed E-state index contributed by atoms with van der Waals surface area (Å²) in [4.78, 5) is 38.1. The molecule has 2 aliphatic heterocycles. The highest BCUT2D eigenvalue weighted by atomic mass is 16.6. The molecule has 0 aromatic heterocycles. The van der Waals surface area contributed by atoms with Crippen molar-refractivity contribution < 1.29 is 29.0 Å². The van der Waals surface area contributed by atoms with Crippen molar-refractivity contribution in [3.63, 3.8) is 0 Å². The number of ether oxygens (including phenoxy) is 2. The topological polar surface area (TPSA) is 89.9 Å². The molecule has 160 valence electrons. The van der Waals surface area contributed by atoms with Gasteiger partial charge in [0.15, 0.2) is 11.4 Å². The lowest BCUT2D eigenvalue weighted by molar-refractivity contribution is -0.124. The minimum Gasteiger partial charge on any atom is -0.478 e. The average Bonchev–Trinajstić information content (AvgIpc) is 3.12. The van der Waals surface area contributed by atoms with E-state index in [0.29, 0.717) is 39.3 Å². The van der Waals surface area contributed by atoms with Crippen LogP contribution in [0.5, 0.6) is 5.75 Å². The normalized spacial score (nSPS) is 22.4. The molecule has 0 saturated carbocycles. The van der Waals surface area contributed by atoms with Gasteiger partial charge in [-0.25, -0.2) is 9.59 Å². The number of aromatic carboxylic acids is 1. The van der Waals surface area contributed by atoms with Crippen molar-refractivity contribution in [1.82, 2.24) is 0 Å². The molecule has 0 radical (unpaired) electrons. The number of fused-ring (bicyclic) bond motifs is 6. The van der Waals surface area contributed by atoms with Crippen LogP contribution in [0.3, 0.4) is 0 Å². The number of benzene rings is 3. The second kappa shape index (κ2) is 6.77. The average molecular weight is 436 g/mol. The van der Waals surface area contributed by atoms with E-state index in [-0.39, 0.29) is 11.3 Å². The minimum absolute atomic E-state index is 0.129. The van der Waals surface area contributed by atoms with Gasteiger partial charge in [-0.05, 0) is 42.0 Å². The molecular formula is C27H16O6. The van der Waals surface area contributed by atoms with E-state index in [1.165, 1.54) is 12.1 Å². The molecule has 2 atom stereocenters. The monoisotopic (exact) mass is 436 g/mol. The first-order valence-corrected chi connectivity index (χ1v) is 10.4. The van der Waals surface area contributed by atoms with E-state index in [9.17, 15) is 19.5 Å². The third-order valence-electron chi connectivity index (χ3n) is 6.39. The summed E-state index contributed by atoms with van der Waals surface area (Å²) in [6, 6.07) is 20.5. The van der Waals surface area contributed by atoms with Gasteiger partial charge in [-0.15, -0.1) is 0 Å². The van der Waals surface area contributed by atoms with E-state index >= 15 is 0 Å². The number of hydrogen-bond donors (Lipinski definition) is 1. The van der Waals surface area contributed by atoms with E-state index in [0.717, 1.165) is 0 Å². The fraction of sp³-hybridized carbons (Fsp3) is 0.0741. The van der Waals surface area contributed by atoms with Gasteiger partial charge < -0.3 is 14.6 Å². The zero-order chi connectivity index (χ0) is 22.7. The fourth-order valence-corrected chi connectivity index (χ4v) is 4.94. The van der Waals surface area contributed by atoms with Crippen LogP contribution in [-0.4, -0.2) is 22.8 Å². The molecular weight excluding hydrogens is 420 g/mol. The highest BCUT2D eigenvalue weighted by molar-refractivity contribution is 6.24. The molecule has 0 bridgehead atoms. The second-order valence-electron chi connectivity index (χ2n) is 8.10. The Hall–Kier alpha value is -4.45. The molecule has 1 aliphatic carbocycles. The largest absolute Gasteiger partial charge is 0.478 e. The van der Waals surface area contributed by atoms with Gasteiger partial charge in [0.2, 0.25) is 0 Å². The summed E-state index contributed by atoms with van der Waals surface area (Å²) in [5, 5.41) is 9.19. The molecule has 3 aliphatic rings. The summed E-state index contributed by atoms with van der Waals surface area (Å²) < 4.78 is 12.2. The van der Waals surface area contributed by atoms with E-state index in [4.69, 9.17) is 9.47 Å². The van der Waals surface area contributed by atoms with Crippen molar-refractivity contribution in [1.29, 1.82) is 0 Å². The van der Waals surface area contributed by atoms with Crippen LogP contribution in [0.1, 0.15) is 37.4 Å². The van der Waals surface area contributed by atoms with Crippen LogP contribution >= 0.6 is 0 Å². The van der Waals surface area contributed by atoms with Crippen molar-refractivity contribution in [3.8, 4) is 5.75 Å². The molecule has 1 spiro atoms. The molecule has 0 amide bonds. The fourth-order valence-electron chi connectivity index (χ4n) is 4.94. The number of rotatable bonds is 2. The summed E-state index contributed by atoms with van der Waals surface area (Å²) in [5.74, 6) is -1.79. The van der Waals surface area contributed by atoms with Crippen molar-refractivity contribution in [2.24, 2.45) is 5.92 Å². The van der Waals surface area contributed by atoms with Gasteiger partial charge in [-0.1, -0.05) is 48.5 Å². The Labute approximate surface area is 188 Å². The van der Waals surface area contributed by atoms with Gasteiger partial charge in [0, 0.05) is 16.7 Å². The first kappa shape index (κ1) is 19.3. The Morgan fingerprint density at radius 3 is 2.30 bits per heavy atom. The zero-order valence-electron chi connectivity index (χ0n) is 17.1. The molecule has 3 aromatic rings. The SMILES string of the molecule is O=C(O)c1ccc(C2=CC=C3Oc4ccccc4C4(OC(=O)c5ccccc54)C3C2=O)cc1. The smallest absolute Gasteiger partial charge is 0.339 e. The molecule has 1 N–H and O–H groups in total. The lowest BCUT2D eigenvalue weighted by atomic mass is 9.68. The summed E-state index contributed by atoms with van der Waals surface area (Å²) >= 11 is 0. The quantitative estimate of drug-likeness (QED) is 0.601. The molecule has 6 rings (SSSR count). The third kappa shape index (κ3) is 2.58. The van der Waals surface area contributed by atoms with Crippen LogP contribution in [0.2, 0.25) is 0 Å². The lowest BCUT2D eigenvalue weighted by Crippen LogP contribution is -2.47. The summed E-state index contributed by atoms with van der Waals surface area (Å²) in [5.41, 5.74) is 1.40. The minimum atomic E-state index is -1.36. The summed E-state index contributed by atoms with van der Waals surface area (Å²) in [6.07, 6.45) is 3.38. The second-order valence-corrected chi connectivity index (χ2v) is 8.10. The Bertz CT molecular complexity index is 1430. The van der Waals surface area contributed by atoms with Crippen LogP contribution in [0.4, 0.5) is 0 Å². The Morgan fingerprint density at radius 2 is 1.55 bits per heavy atom. The van der Waals surface area contributed by atoms with Gasteiger partial charge >= 0.3 is 11.9 Å². The van der Waals surface area contributed by atoms with E-state index in [2.05, 4.69) is 0 Å². The van der Waals surface area contributed by atoms with E-state index in [1.54, 1.807) is 42.5 Å². The van der Waals surface area contributed by atoms with Crippen molar-refractivity contribution >= 4 is 23.3 Å². The number of allylic oxidation sites excluding steroid dienone is 3. The highest BCUT2D eigenvalue weighted by Crippen LogP contribution is 2.57. The molecule has 2 heterocycles. The summed E-state index contributed by atoms with van der Waals surface area (Å²) in [6.45, 7) is 0. The molecule has 2 unspecified atom stereocenters. The van der Waals surface area contributed by atoms with E-state index < -0.39 is 23.5 Å². The molecule has 3 aromatic carbocycles. The first-order valence-electron chi connectivity index (χ1n) is 10.4. The molecule has 0 saturated heterocycles. The standard InChI is InChI=1S/C27H16O6/c28-24-17(15-9-11-16(12-10-15)25(29)30)13-14-22-23(24)27(20-7-3-4-8-21(20)32-22)19-6-2-1-5-18(19)26(31)33-27/h1-14,23H,(H,29,30). The molecule has 33 heavy (non-hydrogen) atoms. The van der Waals surface area contributed by atoms with Crippen molar-refractivity contribution in [2.75, 3.05) is 0 Å². The van der Waals surface area contributed by atoms with Gasteiger partial charge in [-0.2, -0.15) is 0 Å². The Morgan fingerprint density at radius 1 is 0.848 bits per heavy atom. The van der Waals surface area contributed by atoms with Gasteiger partial charge in [-0.3, -0.25) is 4.79 Å². The van der Waals surface area contributed by atoms with Crippen molar-refractivity contribution in [3.05, 3.63) is 119 Å². The maximum absolute atomic E-state index is 14.0. The van der Waals surface area contributed by atoms with Crippen LogP contribution in [0.15, 0.2) is 90.7 Å². The molecule has 6 heteroatoms. The zero-order valence-corrected chi connectivity index (χ0v) is 17.1. The van der Waals surface area contributed by atoms with Crippen molar-refractivity contribution in [2.45, 2.75) is 5.60 Å². The van der Waals surface area contributed by atoms with Crippen LogP contribution in [-0.2, 0) is 15.1 Å². The van der Waals surface area contributed by atoms with Gasteiger partial charge in [0.05, 0.1) is 11.1 Å². The first-order chi connectivity index (χ1) is 16.0. The predicted octanol–water partition coefficient (Wildman–Crippen LogP) is 4.36. The van der Waals surface area contributed by atoms with Crippen LogP contribution < -0.4 is 4.74 Å². The predicted molar refractivity (Wildman–Crippen MR) is 118 cm³/mol. The number of carboxylic acid groups (broad SMARTS) is 1. The number of esters is 1. The maximum Gasteiger partial charge on any atom is 0.339 e. The molecule has 0 fully saturated rings. The van der Waals surface area contributed by atoms with Gasteiger partial charge in [0.1, 0.15) is 17.4 Å². The molecule has 6 nitrogen and oxygen atoms in total. The third-order valence-corrected chi connectivity index (χ3v) is 6.39. The van der Waals surface area contributed by atoms with Crippen LogP contribution in [0, 0.1) is 5.92 Å². The number of carbonyl (C=O) groups excluding carboxylic acids is 2. The summed E-state index contributed by atoms with van der Waals surface area (Å²) in [7, 11) is 0. The lowest BCUT2D eigenvalue weighted by Gasteiger charge is -2.43. The van der Waals surface area contributed by atoms with Crippen LogP contribution in [0.25, 0.3) is 5.57 Å². The number of Topliss-reactive ketones (excluding diaryl/α,β-unsaturated/α-hetero) is 1. The van der Waals surface area contributed by atoms with E-state index in [1.807, 2.05) is 30.3 Å². The number of carbonyl (C=O) groups is 3. The van der Waals surface area contributed by atoms with Gasteiger partial charge in [0.25, 0.3) is 0 Å². The number of ketones is 1. The number of para-hydroxylation sites is 1. The Balaban J connectivity index is 1.56. The number of hydrogen-bond acceptors (Lipinski definition) is 5. The Kier molecular flexibility index (Phi) is 3.95.